The summed E-state index contributed by atoms with van der Waals surface area (Å²) in [7, 11) is 0. The number of hydrogen-bond acceptors (Lipinski definition) is 4. The predicted molar refractivity (Wildman–Crippen MR) is 118 cm³/mol. The Morgan fingerprint density at radius 2 is 2.03 bits per heavy atom. The van der Waals surface area contributed by atoms with Gasteiger partial charge >= 0.3 is 0 Å². The van der Waals surface area contributed by atoms with Crippen LogP contribution in [-0.4, -0.2) is 52.3 Å². The van der Waals surface area contributed by atoms with Crippen LogP contribution in [0.1, 0.15) is 46.1 Å². The third kappa shape index (κ3) is 4.19. The third-order valence-corrected chi connectivity index (χ3v) is 6.45. The molecule has 0 saturated carbocycles. The molecule has 1 unspecified atom stereocenters. The van der Waals surface area contributed by atoms with Crippen molar-refractivity contribution in [1.29, 1.82) is 0 Å². The van der Waals surface area contributed by atoms with E-state index in [2.05, 4.69) is 4.98 Å². The van der Waals surface area contributed by atoms with Crippen LogP contribution in [0.25, 0.3) is 0 Å². The lowest BCUT2D eigenvalue weighted by atomic mass is 9.97. The van der Waals surface area contributed by atoms with Gasteiger partial charge in [0.2, 0.25) is 5.91 Å². The number of H-pyrrole nitrogens is 1. The number of benzene rings is 1. The van der Waals surface area contributed by atoms with E-state index in [1.54, 1.807) is 22.8 Å². The fourth-order valence-corrected chi connectivity index (χ4v) is 4.66. The number of carbonyl (C=O) groups excluding carboxylic acids is 2. The van der Waals surface area contributed by atoms with Crippen molar-refractivity contribution >= 4 is 23.4 Å². The summed E-state index contributed by atoms with van der Waals surface area (Å²) >= 11 is 6.63. The molecule has 0 spiro atoms. The molecule has 1 fully saturated rings. The molecule has 1 atom stereocenters. The number of halogens is 1. The van der Waals surface area contributed by atoms with E-state index in [1.165, 1.54) is 0 Å². The first-order valence-electron chi connectivity index (χ1n) is 10.5. The maximum Gasteiger partial charge on any atom is 0.256 e. The Labute approximate surface area is 185 Å². The number of aromatic nitrogens is 1. The molecule has 8 heteroatoms. The van der Waals surface area contributed by atoms with Crippen molar-refractivity contribution in [1.82, 2.24) is 14.8 Å². The summed E-state index contributed by atoms with van der Waals surface area (Å²) in [4.78, 5) is 43.5. The summed E-state index contributed by atoms with van der Waals surface area (Å²) < 4.78 is 6.05. The molecule has 2 amide bonds. The van der Waals surface area contributed by atoms with Gasteiger partial charge in [-0.3, -0.25) is 14.4 Å². The van der Waals surface area contributed by atoms with Crippen LogP contribution >= 0.6 is 11.6 Å². The van der Waals surface area contributed by atoms with Crippen molar-refractivity contribution in [2.45, 2.75) is 46.3 Å². The minimum Gasteiger partial charge on any atom is -0.487 e. The number of nitrogens with one attached hydrogen (secondary N) is 1. The van der Waals surface area contributed by atoms with Gasteiger partial charge in [-0.2, -0.15) is 0 Å². The Morgan fingerprint density at radius 3 is 2.71 bits per heavy atom. The second kappa shape index (κ2) is 8.38. The molecule has 0 radical (unpaired) electrons. The van der Waals surface area contributed by atoms with E-state index >= 15 is 0 Å². The number of aromatic amines is 1. The summed E-state index contributed by atoms with van der Waals surface area (Å²) in [6.07, 6.45) is 1.23. The van der Waals surface area contributed by atoms with Gasteiger partial charge in [0, 0.05) is 37.7 Å². The third-order valence-electron chi connectivity index (χ3n) is 6.07. The Bertz CT molecular complexity index is 1110. The van der Waals surface area contributed by atoms with Gasteiger partial charge in [0.15, 0.2) is 0 Å². The first-order chi connectivity index (χ1) is 14.7. The molecule has 31 heavy (non-hydrogen) atoms. The van der Waals surface area contributed by atoms with Crippen molar-refractivity contribution in [2.75, 3.05) is 19.6 Å². The van der Waals surface area contributed by atoms with E-state index in [-0.39, 0.29) is 30.0 Å². The van der Waals surface area contributed by atoms with Crippen molar-refractivity contribution < 1.29 is 14.3 Å². The van der Waals surface area contributed by atoms with Crippen LogP contribution in [0.2, 0.25) is 5.02 Å². The molecular weight excluding hydrogens is 418 g/mol. The van der Waals surface area contributed by atoms with Crippen molar-refractivity contribution in [3.8, 4) is 5.75 Å². The van der Waals surface area contributed by atoms with E-state index in [0.29, 0.717) is 48.0 Å². The number of nitrogens with zero attached hydrogens (tertiary/aromatic N) is 2. The number of ether oxygens (including phenoxy) is 1. The van der Waals surface area contributed by atoms with E-state index in [0.717, 1.165) is 23.2 Å². The number of amides is 2. The summed E-state index contributed by atoms with van der Waals surface area (Å²) in [5.74, 6) is 0.276. The average Bonchev–Trinajstić information content (AvgIpc) is 3.17. The zero-order valence-corrected chi connectivity index (χ0v) is 18.7. The lowest BCUT2D eigenvalue weighted by Gasteiger charge is -2.30. The van der Waals surface area contributed by atoms with Crippen LogP contribution in [0, 0.1) is 13.8 Å². The van der Waals surface area contributed by atoms with Crippen LogP contribution in [0.4, 0.5) is 0 Å². The minimum absolute atomic E-state index is 0.0230. The number of likely N-dealkylation sites (tertiary alicyclic amines) is 1. The molecule has 2 aliphatic rings. The number of carbonyl (C=O) groups is 2. The highest BCUT2D eigenvalue weighted by atomic mass is 35.5. The molecule has 7 nitrogen and oxygen atoms in total. The molecule has 164 valence electrons. The quantitative estimate of drug-likeness (QED) is 0.787. The molecule has 1 aromatic carbocycles. The van der Waals surface area contributed by atoms with Crippen LogP contribution in [0.5, 0.6) is 5.75 Å². The molecule has 0 bridgehead atoms. The summed E-state index contributed by atoms with van der Waals surface area (Å²) in [6, 6.07) is 5.59. The number of aryl methyl sites for hydroxylation is 2. The Morgan fingerprint density at radius 1 is 1.26 bits per heavy atom. The summed E-state index contributed by atoms with van der Waals surface area (Å²) in [5.41, 5.74) is 3.38. The van der Waals surface area contributed by atoms with E-state index in [9.17, 15) is 14.4 Å². The molecule has 0 aliphatic carbocycles. The van der Waals surface area contributed by atoms with Crippen LogP contribution < -0.4 is 10.3 Å². The molecule has 2 aromatic rings. The Balaban J connectivity index is 1.56. The highest BCUT2D eigenvalue weighted by Crippen LogP contribution is 2.36. The first-order valence-corrected chi connectivity index (χ1v) is 10.8. The second-order valence-corrected chi connectivity index (χ2v) is 8.70. The highest BCUT2D eigenvalue weighted by molar-refractivity contribution is 6.35. The number of rotatable bonds is 4. The van der Waals surface area contributed by atoms with Crippen LogP contribution in [-0.2, 0) is 17.8 Å². The molecule has 1 saturated heterocycles. The Hall–Kier alpha value is -2.80. The molecule has 3 heterocycles. The number of hydrogen-bond donors (Lipinski definition) is 1. The number of fused-ring (bicyclic) bond motifs is 1. The number of pyridine rings is 1. The molecule has 1 aromatic heterocycles. The van der Waals surface area contributed by atoms with Crippen molar-refractivity contribution in [3.05, 3.63) is 61.5 Å². The van der Waals surface area contributed by atoms with Crippen LogP contribution in [0.3, 0.4) is 0 Å². The highest BCUT2D eigenvalue weighted by Gasteiger charge is 2.31. The molecule has 2 aliphatic heterocycles. The lowest BCUT2D eigenvalue weighted by Crippen LogP contribution is -2.39. The topological polar surface area (TPSA) is 82.7 Å². The smallest absolute Gasteiger partial charge is 0.256 e. The first kappa shape index (κ1) is 21.4. The standard InChI is InChI=1S/C23H26ClN3O4/c1-13-10-14(2)25-22(29)18(13)12-27-8-6-16-4-5-19(21(24)20(16)23(27)30)31-17-7-9-26(11-17)15(3)28/h4-5,10,17H,6-9,11-12H2,1-3H3,(H,25,29). The lowest BCUT2D eigenvalue weighted by molar-refractivity contribution is -0.128. The Kier molecular flexibility index (Phi) is 5.79. The average molecular weight is 444 g/mol. The van der Waals surface area contributed by atoms with Gasteiger partial charge in [0.05, 0.1) is 23.7 Å². The van der Waals surface area contributed by atoms with Gasteiger partial charge < -0.3 is 19.5 Å². The molecule has 4 rings (SSSR count). The zero-order chi connectivity index (χ0) is 22.3. The minimum atomic E-state index is -0.201. The molecule has 1 N–H and O–H groups in total. The SMILES string of the molecule is CC(=O)N1CCC(Oc2ccc3c(c2Cl)C(=O)N(Cc2c(C)cc(C)[nH]c2=O)CC3)C1. The van der Waals surface area contributed by atoms with Crippen molar-refractivity contribution in [3.63, 3.8) is 0 Å². The monoisotopic (exact) mass is 443 g/mol. The fraction of sp³-hybridized carbons (Fsp3) is 0.435. The van der Waals surface area contributed by atoms with Gasteiger partial charge in [-0.15, -0.1) is 0 Å². The van der Waals surface area contributed by atoms with Gasteiger partial charge in [-0.25, -0.2) is 0 Å². The van der Waals surface area contributed by atoms with Gasteiger partial charge in [-0.1, -0.05) is 17.7 Å². The van der Waals surface area contributed by atoms with Gasteiger partial charge in [-0.05, 0) is 43.5 Å². The predicted octanol–water partition coefficient (Wildman–Crippen LogP) is 2.84. The summed E-state index contributed by atoms with van der Waals surface area (Å²) in [6.45, 7) is 7.18. The normalized spacial score (nSPS) is 18.3. The largest absolute Gasteiger partial charge is 0.487 e. The van der Waals surface area contributed by atoms with Gasteiger partial charge in [0.1, 0.15) is 11.9 Å². The van der Waals surface area contributed by atoms with E-state index in [4.69, 9.17) is 16.3 Å². The van der Waals surface area contributed by atoms with Crippen molar-refractivity contribution in [2.24, 2.45) is 0 Å². The second-order valence-electron chi connectivity index (χ2n) is 8.33. The van der Waals surface area contributed by atoms with Crippen LogP contribution in [0.15, 0.2) is 23.0 Å². The maximum atomic E-state index is 13.3. The van der Waals surface area contributed by atoms with E-state index in [1.807, 2.05) is 26.0 Å². The molecular formula is C23H26ClN3O4. The van der Waals surface area contributed by atoms with Gasteiger partial charge in [0.25, 0.3) is 11.5 Å². The van der Waals surface area contributed by atoms with E-state index < -0.39 is 0 Å². The fourth-order valence-electron chi connectivity index (χ4n) is 4.35. The zero-order valence-electron chi connectivity index (χ0n) is 18.0. The maximum absolute atomic E-state index is 13.3. The summed E-state index contributed by atoms with van der Waals surface area (Å²) in [5, 5.41) is 0.294.